The fourth-order valence-corrected chi connectivity index (χ4v) is 4.06. The van der Waals surface area contributed by atoms with Crippen LogP contribution in [0.5, 0.6) is 0 Å². The summed E-state index contributed by atoms with van der Waals surface area (Å²) in [6.07, 6.45) is 9.88. The number of allylic oxidation sites excluding steroid dienone is 4. The fraction of sp³-hybridized carbons (Fsp3) is 0.200. The molecule has 136 valence electrons. The number of benzene rings is 2. The maximum absolute atomic E-state index is 13.5. The van der Waals surface area contributed by atoms with Gasteiger partial charge < -0.3 is 4.57 Å². The molecule has 2 heteroatoms. The first-order chi connectivity index (χ1) is 13.2. The van der Waals surface area contributed by atoms with Crippen molar-refractivity contribution in [3.8, 4) is 11.1 Å². The largest absolute Gasteiger partial charge is 0.337 e. The molecule has 1 aliphatic carbocycles. The van der Waals surface area contributed by atoms with Gasteiger partial charge in [0.1, 0.15) is 5.83 Å². The van der Waals surface area contributed by atoms with Crippen molar-refractivity contribution in [2.45, 2.75) is 32.2 Å². The van der Waals surface area contributed by atoms with Crippen molar-refractivity contribution in [2.75, 3.05) is 0 Å². The molecule has 2 aromatic carbocycles. The van der Waals surface area contributed by atoms with Crippen LogP contribution in [0.1, 0.15) is 37.1 Å². The standard InChI is InChI=1S/C25H24FN/c1-3-7-24-25(19-12-10-18(4-2)11-13-19)22-8-5-6-9-23(22)27(24)21-16-14-20(26)15-17-21/h4-6,8-16,21H,2-3,7,17H2,1H3. The van der Waals surface area contributed by atoms with Gasteiger partial charge in [-0.2, -0.15) is 0 Å². The molecule has 3 aromatic rings. The summed E-state index contributed by atoms with van der Waals surface area (Å²) in [6.45, 7) is 6.07. The Kier molecular flexibility index (Phi) is 4.81. The lowest BCUT2D eigenvalue weighted by molar-refractivity contribution is 0.570. The lowest BCUT2D eigenvalue weighted by Crippen LogP contribution is -2.11. The van der Waals surface area contributed by atoms with Gasteiger partial charge in [-0.15, -0.1) is 0 Å². The topological polar surface area (TPSA) is 4.93 Å². The van der Waals surface area contributed by atoms with Crippen molar-refractivity contribution in [3.63, 3.8) is 0 Å². The van der Waals surface area contributed by atoms with Crippen LogP contribution in [0.4, 0.5) is 4.39 Å². The van der Waals surface area contributed by atoms with Gasteiger partial charge in [-0.05, 0) is 42.2 Å². The molecule has 27 heavy (non-hydrogen) atoms. The third kappa shape index (κ3) is 3.16. The van der Waals surface area contributed by atoms with Crippen molar-refractivity contribution in [3.05, 3.63) is 90.4 Å². The van der Waals surface area contributed by atoms with Crippen molar-refractivity contribution in [2.24, 2.45) is 0 Å². The number of aromatic nitrogens is 1. The summed E-state index contributed by atoms with van der Waals surface area (Å²) in [5, 5.41) is 1.26. The minimum absolute atomic E-state index is 0.139. The molecule has 0 saturated heterocycles. The maximum atomic E-state index is 13.5. The third-order valence-electron chi connectivity index (χ3n) is 5.30. The Bertz CT molecular complexity index is 1030. The Hall–Kier alpha value is -2.87. The Morgan fingerprint density at radius 1 is 1.15 bits per heavy atom. The minimum Gasteiger partial charge on any atom is -0.337 e. The van der Waals surface area contributed by atoms with E-state index in [4.69, 9.17) is 0 Å². The first kappa shape index (κ1) is 17.5. The molecule has 0 saturated carbocycles. The van der Waals surface area contributed by atoms with Crippen LogP contribution in [0.15, 0.2) is 79.2 Å². The van der Waals surface area contributed by atoms with E-state index in [1.54, 1.807) is 12.2 Å². The zero-order valence-corrected chi connectivity index (χ0v) is 15.7. The first-order valence-electron chi connectivity index (χ1n) is 9.61. The van der Waals surface area contributed by atoms with E-state index in [1.165, 1.54) is 27.7 Å². The molecule has 0 N–H and O–H groups in total. The van der Waals surface area contributed by atoms with E-state index in [0.717, 1.165) is 18.4 Å². The predicted octanol–water partition coefficient (Wildman–Crippen LogP) is 7.26. The highest BCUT2D eigenvalue weighted by atomic mass is 19.1. The second kappa shape index (κ2) is 7.40. The van der Waals surface area contributed by atoms with Crippen LogP contribution in [0.25, 0.3) is 28.1 Å². The Morgan fingerprint density at radius 2 is 1.93 bits per heavy atom. The van der Waals surface area contributed by atoms with Crippen molar-refractivity contribution in [1.29, 1.82) is 0 Å². The highest BCUT2D eigenvalue weighted by Gasteiger charge is 2.22. The molecule has 0 spiro atoms. The van der Waals surface area contributed by atoms with E-state index in [0.29, 0.717) is 6.42 Å². The van der Waals surface area contributed by atoms with Crippen molar-refractivity contribution < 1.29 is 4.39 Å². The average Bonchev–Trinajstić information content (AvgIpc) is 3.03. The second-order valence-corrected chi connectivity index (χ2v) is 7.04. The number of nitrogens with zero attached hydrogens (tertiary/aromatic N) is 1. The molecule has 0 bridgehead atoms. The van der Waals surface area contributed by atoms with E-state index >= 15 is 0 Å². The molecule has 1 aliphatic rings. The van der Waals surface area contributed by atoms with E-state index in [-0.39, 0.29) is 11.9 Å². The molecule has 1 heterocycles. The highest BCUT2D eigenvalue weighted by Crippen LogP contribution is 2.39. The van der Waals surface area contributed by atoms with Crippen LogP contribution in [0.2, 0.25) is 0 Å². The van der Waals surface area contributed by atoms with E-state index in [9.17, 15) is 4.39 Å². The molecule has 0 aliphatic heterocycles. The Morgan fingerprint density at radius 3 is 2.59 bits per heavy atom. The van der Waals surface area contributed by atoms with E-state index in [2.05, 4.69) is 66.6 Å². The highest BCUT2D eigenvalue weighted by molar-refractivity contribution is 5.98. The molecule has 1 aromatic heterocycles. The van der Waals surface area contributed by atoms with Crippen molar-refractivity contribution in [1.82, 2.24) is 4.57 Å². The summed E-state index contributed by atoms with van der Waals surface area (Å²) >= 11 is 0. The molecular weight excluding hydrogens is 333 g/mol. The molecule has 0 radical (unpaired) electrons. The lowest BCUT2D eigenvalue weighted by atomic mass is 9.98. The van der Waals surface area contributed by atoms with E-state index in [1.807, 2.05) is 12.2 Å². The summed E-state index contributed by atoms with van der Waals surface area (Å²) in [5.74, 6) is -0.139. The zero-order valence-electron chi connectivity index (χ0n) is 15.7. The number of halogens is 1. The molecule has 1 unspecified atom stereocenters. The summed E-state index contributed by atoms with van der Waals surface area (Å²) in [4.78, 5) is 0. The second-order valence-electron chi connectivity index (χ2n) is 7.04. The molecule has 1 nitrogen and oxygen atoms in total. The zero-order chi connectivity index (χ0) is 18.8. The summed E-state index contributed by atoms with van der Waals surface area (Å²) in [6, 6.07) is 17.3. The normalized spacial score (nSPS) is 16.5. The van der Waals surface area contributed by atoms with Crippen LogP contribution in [0.3, 0.4) is 0 Å². The van der Waals surface area contributed by atoms with Gasteiger partial charge in [0.15, 0.2) is 0 Å². The van der Waals surface area contributed by atoms with Gasteiger partial charge in [-0.1, -0.05) is 74.5 Å². The van der Waals surface area contributed by atoms with Gasteiger partial charge in [-0.25, -0.2) is 4.39 Å². The average molecular weight is 357 g/mol. The Balaban J connectivity index is 1.96. The monoisotopic (exact) mass is 357 g/mol. The third-order valence-corrected chi connectivity index (χ3v) is 5.30. The van der Waals surface area contributed by atoms with Gasteiger partial charge in [0.05, 0.1) is 6.04 Å². The van der Waals surface area contributed by atoms with Crippen molar-refractivity contribution >= 4 is 17.0 Å². The number of para-hydroxylation sites is 1. The van der Waals surface area contributed by atoms with Gasteiger partial charge >= 0.3 is 0 Å². The van der Waals surface area contributed by atoms with Crippen LogP contribution >= 0.6 is 0 Å². The predicted molar refractivity (Wildman–Crippen MR) is 113 cm³/mol. The Labute approximate surface area is 160 Å². The summed E-state index contributed by atoms with van der Waals surface area (Å²) in [5.41, 5.74) is 6.19. The molecular formula is C25H24FN. The quantitative estimate of drug-likeness (QED) is 0.453. The van der Waals surface area contributed by atoms with Gasteiger partial charge in [0, 0.05) is 22.2 Å². The summed E-state index contributed by atoms with van der Waals surface area (Å²) < 4.78 is 15.9. The molecule has 0 amide bonds. The number of hydrogen-bond acceptors (Lipinski definition) is 0. The minimum atomic E-state index is -0.139. The molecule has 4 rings (SSSR count). The lowest BCUT2D eigenvalue weighted by Gasteiger charge is -2.21. The van der Waals surface area contributed by atoms with Gasteiger partial charge in [0.25, 0.3) is 0 Å². The molecule has 1 atom stereocenters. The van der Waals surface area contributed by atoms with Crippen LogP contribution < -0.4 is 0 Å². The maximum Gasteiger partial charge on any atom is 0.119 e. The molecule has 0 fully saturated rings. The van der Waals surface area contributed by atoms with Gasteiger partial charge in [-0.3, -0.25) is 0 Å². The smallest absolute Gasteiger partial charge is 0.119 e. The van der Waals surface area contributed by atoms with Gasteiger partial charge in [0.2, 0.25) is 0 Å². The van der Waals surface area contributed by atoms with Crippen LogP contribution in [-0.2, 0) is 6.42 Å². The SMILES string of the molecule is C=Cc1ccc(-c2c(CCC)n(C3C=CC(F)=CC3)c3ccccc23)cc1. The van der Waals surface area contributed by atoms with Crippen LogP contribution in [0, 0.1) is 0 Å². The number of fused-ring (bicyclic) bond motifs is 1. The fourth-order valence-electron chi connectivity index (χ4n) is 4.06. The summed E-state index contributed by atoms with van der Waals surface area (Å²) in [7, 11) is 0. The van der Waals surface area contributed by atoms with E-state index < -0.39 is 0 Å². The first-order valence-corrected chi connectivity index (χ1v) is 9.61. The number of rotatable bonds is 5. The van der Waals surface area contributed by atoms with Crippen LogP contribution in [-0.4, -0.2) is 4.57 Å². The number of hydrogen-bond donors (Lipinski definition) is 0.